The molecule has 0 radical (unpaired) electrons. The molecule has 0 saturated heterocycles. The van der Waals surface area contributed by atoms with Gasteiger partial charge in [0.15, 0.2) is 11.6 Å². The van der Waals surface area contributed by atoms with Crippen molar-refractivity contribution in [2.45, 2.75) is 58.2 Å². The molecule has 180 valence electrons. The Labute approximate surface area is 243 Å². The predicted octanol–water partition coefficient (Wildman–Crippen LogP) is -6.38. The van der Waals surface area contributed by atoms with Crippen molar-refractivity contribution in [2.75, 3.05) is 6.61 Å². The molecule has 0 aromatic rings. The number of rotatable bonds is 2. The Hall–Kier alpha value is 0.810. The molecule has 0 unspecified atom stereocenters. The van der Waals surface area contributed by atoms with E-state index in [0.717, 1.165) is 18.4 Å². The van der Waals surface area contributed by atoms with Crippen LogP contribution in [-0.2, 0) is 14.2 Å². The second-order valence-corrected chi connectivity index (χ2v) is 11.1. The number of Topliss-reactive ketones (excluding diaryl/α,β-unsaturated/α-hetero) is 1. The standard InChI is InChI=1S/C22H30O5.2Na.H3O4P/c1-12-8-14-15-5-7-22(27,18(26)11-23)21(15,3)10-17(25)19(14)20(2)6-4-13(24)9-16(12)20;;;1-5(2,3)4/h4,6,9,12,14-15,17,19,23,25,27H,5,7-8,10-11H2,1-3H3;;;(H3,1,2,3,4)/q;2*+1;/p-2/t12-,14-,15-,17-,19+,20-,21-,22-;;;/m0.../s1. The Morgan fingerprint density at radius 2 is 1.82 bits per heavy atom. The van der Waals surface area contributed by atoms with Gasteiger partial charge in [0.25, 0.3) is 0 Å². The largest absolute Gasteiger partial charge is 1.00 e. The van der Waals surface area contributed by atoms with Gasteiger partial charge in [0.2, 0.25) is 0 Å². The molecule has 0 aromatic carbocycles. The molecule has 3 saturated carbocycles. The zero-order valence-corrected chi connectivity index (χ0v) is 25.3. The number of phosphoric acid groups is 1. The van der Waals surface area contributed by atoms with E-state index in [0.29, 0.717) is 12.8 Å². The van der Waals surface area contributed by atoms with E-state index in [1.165, 1.54) is 0 Å². The zero-order chi connectivity index (χ0) is 24.3. The smallest absolute Gasteiger partial charge is 0.790 e. The van der Waals surface area contributed by atoms with Gasteiger partial charge in [0.1, 0.15) is 12.2 Å². The molecule has 34 heavy (non-hydrogen) atoms. The molecule has 4 aliphatic carbocycles. The number of ketones is 2. The molecule has 8 atom stereocenters. The maximum absolute atomic E-state index is 12.4. The quantitative estimate of drug-likeness (QED) is 0.205. The Balaban J connectivity index is 0.000000752. The molecule has 0 amide bonds. The minimum Gasteiger partial charge on any atom is -0.790 e. The van der Waals surface area contributed by atoms with Crippen LogP contribution in [0.1, 0.15) is 46.5 Å². The van der Waals surface area contributed by atoms with Gasteiger partial charge in [-0.05, 0) is 55.6 Å². The van der Waals surface area contributed by atoms with Crippen molar-refractivity contribution in [3.8, 4) is 0 Å². The molecule has 0 aliphatic heterocycles. The number of hydrogen-bond donors (Lipinski definition) is 4. The summed E-state index contributed by atoms with van der Waals surface area (Å²) in [5.41, 5.74) is -1.59. The van der Waals surface area contributed by atoms with E-state index < -0.39 is 37.3 Å². The summed E-state index contributed by atoms with van der Waals surface area (Å²) in [6.45, 7) is 5.48. The van der Waals surface area contributed by atoms with E-state index >= 15 is 0 Å². The molecule has 12 heteroatoms. The van der Waals surface area contributed by atoms with Crippen LogP contribution in [-0.4, -0.2) is 50.1 Å². The number of carbonyl (C=O) groups is 2. The summed E-state index contributed by atoms with van der Waals surface area (Å²) < 4.78 is 8.66. The number of carbonyl (C=O) groups excluding carboxylic acids is 2. The second kappa shape index (κ2) is 11.3. The van der Waals surface area contributed by atoms with Crippen molar-refractivity contribution in [3.05, 3.63) is 23.8 Å². The van der Waals surface area contributed by atoms with Crippen LogP contribution in [0.25, 0.3) is 0 Å². The topological polar surface area (TPSA) is 178 Å². The van der Waals surface area contributed by atoms with Gasteiger partial charge in [0, 0.05) is 16.7 Å². The molecule has 9 nitrogen and oxygen atoms in total. The van der Waals surface area contributed by atoms with Gasteiger partial charge in [-0.2, -0.15) is 0 Å². The maximum Gasteiger partial charge on any atom is 1.00 e. The van der Waals surface area contributed by atoms with Crippen LogP contribution in [0.2, 0.25) is 0 Å². The van der Waals surface area contributed by atoms with E-state index in [1.807, 2.05) is 13.0 Å². The first kappa shape index (κ1) is 32.8. The molecular weight excluding hydrogens is 485 g/mol. The van der Waals surface area contributed by atoms with Crippen LogP contribution in [0.15, 0.2) is 23.8 Å². The average molecular weight is 516 g/mol. The summed E-state index contributed by atoms with van der Waals surface area (Å²) in [6.07, 6.45) is 6.87. The number of fused-ring (bicyclic) bond motifs is 5. The summed E-state index contributed by atoms with van der Waals surface area (Å²) in [5.74, 6) is -0.0768. The molecular formula is C22H31Na2O9P. The summed E-state index contributed by atoms with van der Waals surface area (Å²) >= 11 is 0. The molecule has 0 aromatic heterocycles. The summed E-state index contributed by atoms with van der Waals surface area (Å²) in [5, 5.41) is 31.9. The molecule has 4 aliphatic rings. The first-order valence-corrected chi connectivity index (χ1v) is 12.3. The van der Waals surface area contributed by atoms with E-state index in [1.54, 1.807) is 12.2 Å². The second-order valence-electron chi connectivity index (χ2n) is 10.2. The Morgan fingerprint density at radius 3 is 2.35 bits per heavy atom. The fourth-order valence-corrected chi connectivity index (χ4v) is 7.34. The van der Waals surface area contributed by atoms with Crippen LogP contribution >= 0.6 is 7.82 Å². The monoisotopic (exact) mass is 516 g/mol. The third kappa shape index (κ3) is 5.63. The van der Waals surface area contributed by atoms with Crippen molar-refractivity contribution in [1.29, 1.82) is 0 Å². The van der Waals surface area contributed by atoms with Crippen LogP contribution < -0.4 is 68.9 Å². The first-order chi connectivity index (χ1) is 14.6. The Kier molecular flexibility index (Phi) is 10.9. The van der Waals surface area contributed by atoms with Gasteiger partial charge in [-0.3, -0.25) is 9.59 Å². The van der Waals surface area contributed by atoms with Gasteiger partial charge >= 0.3 is 59.1 Å². The third-order valence-corrected chi connectivity index (χ3v) is 8.57. The Bertz CT molecular complexity index is 910. The van der Waals surface area contributed by atoms with Gasteiger partial charge in [-0.15, -0.1) is 0 Å². The number of aliphatic hydroxyl groups excluding tert-OH is 2. The molecule has 4 rings (SSSR count). The molecule has 4 N–H and O–H groups in total. The van der Waals surface area contributed by atoms with E-state index in [9.17, 15) is 24.9 Å². The van der Waals surface area contributed by atoms with Gasteiger partial charge in [-0.25, -0.2) is 0 Å². The molecule has 3 fully saturated rings. The maximum atomic E-state index is 12.4. The summed E-state index contributed by atoms with van der Waals surface area (Å²) in [7, 11) is -5.14. The van der Waals surface area contributed by atoms with Gasteiger partial charge < -0.3 is 34.6 Å². The summed E-state index contributed by atoms with van der Waals surface area (Å²) in [6, 6.07) is 0. The normalized spacial score (nSPS) is 42.4. The van der Waals surface area contributed by atoms with Crippen molar-refractivity contribution >= 4 is 19.4 Å². The van der Waals surface area contributed by atoms with Crippen LogP contribution in [0.3, 0.4) is 0 Å². The number of hydrogen-bond acceptors (Lipinski definition) is 8. The fraction of sp³-hybridized carbons (Fsp3) is 0.727. The van der Waals surface area contributed by atoms with E-state index in [-0.39, 0.29) is 94.0 Å². The predicted molar refractivity (Wildman–Crippen MR) is 109 cm³/mol. The first-order valence-electron chi connectivity index (χ1n) is 10.8. The molecule has 0 spiro atoms. The van der Waals surface area contributed by atoms with Crippen molar-refractivity contribution in [2.24, 2.45) is 34.5 Å². The minimum absolute atomic E-state index is 0. The van der Waals surface area contributed by atoms with Crippen molar-refractivity contribution in [1.82, 2.24) is 0 Å². The average Bonchev–Trinajstić information content (AvgIpc) is 2.93. The van der Waals surface area contributed by atoms with Crippen molar-refractivity contribution in [3.63, 3.8) is 0 Å². The minimum atomic E-state index is -5.14. The Morgan fingerprint density at radius 1 is 1.26 bits per heavy atom. The fourth-order valence-electron chi connectivity index (χ4n) is 7.34. The molecule has 0 heterocycles. The van der Waals surface area contributed by atoms with Gasteiger partial charge in [0.05, 0.1) is 13.9 Å². The summed E-state index contributed by atoms with van der Waals surface area (Å²) in [4.78, 5) is 48.7. The molecule has 0 bridgehead atoms. The van der Waals surface area contributed by atoms with Crippen LogP contribution in [0.5, 0.6) is 0 Å². The SMILES string of the molecule is C[C@H]1C[C@@H]2[C@H]([C@@H](O)C[C@@]3(C)[C@H]2CC[C@]3(O)C(=O)CO)[C@@]2(C)C=CC(=O)C=C12.O=P([O-])([O-])O.[Na+].[Na+]. The third-order valence-electron chi connectivity index (χ3n) is 8.57. The number of aliphatic hydroxyl groups is 3. The number of allylic oxidation sites excluding steroid dienone is 4. The van der Waals surface area contributed by atoms with E-state index in [4.69, 9.17) is 19.2 Å². The zero-order valence-electron chi connectivity index (χ0n) is 20.4. The van der Waals surface area contributed by atoms with Crippen LogP contribution in [0, 0.1) is 34.5 Å². The van der Waals surface area contributed by atoms with E-state index in [2.05, 4.69) is 13.8 Å². The van der Waals surface area contributed by atoms with Crippen LogP contribution in [0.4, 0.5) is 0 Å². The van der Waals surface area contributed by atoms with Gasteiger partial charge in [-0.1, -0.05) is 32.4 Å². The van der Waals surface area contributed by atoms with Crippen molar-refractivity contribution < 1.29 is 103 Å².